The third-order valence-electron chi connectivity index (χ3n) is 4.94. The third kappa shape index (κ3) is 5.79. The maximum absolute atomic E-state index is 12.9. The summed E-state index contributed by atoms with van der Waals surface area (Å²) in [4.78, 5) is 20.4. The molecule has 0 spiro atoms. The van der Waals surface area contributed by atoms with Crippen LogP contribution in [0, 0.1) is 5.92 Å². The van der Waals surface area contributed by atoms with Crippen molar-refractivity contribution in [2.45, 2.75) is 39.4 Å². The minimum atomic E-state index is -4.42. The van der Waals surface area contributed by atoms with Gasteiger partial charge in [0.15, 0.2) is 0 Å². The van der Waals surface area contributed by atoms with E-state index in [1.165, 1.54) is 12.1 Å². The van der Waals surface area contributed by atoms with Crippen molar-refractivity contribution in [3.63, 3.8) is 0 Å². The molecule has 158 valence electrons. The Hall–Kier alpha value is -2.42. The van der Waals surface area contributed by atoms with Crippen LogP contribution in [0.1, 0.15) is 38.1 Å². The van der Waals surface area contributed by atoms with Gasteiger partial charge in [0.05, 0.1) is 12.1 Å². The summed E-state index contributed by atoms with van der Waals surface area (Å²) in [5.41, 5.74) is -0.491. The second kappa shape index (κ2) is 8.94. The SMILES string of the molecule is CC(C)CCC(=O)N1CCN(Cc2nc(-c3cccc(C(F)(F)F)c3)no2)CC1. The lowest BCUT2D eigenvalue weighted by Gasteiger charge is -2.34. The molecule has 1 saturated heterocycles. The lowest BCUT2D eigenvalue weighted by Crippen LogP contribution is -2.48. The highest BCUT2D eigenvalue weighted by Gasteiger charge is 2.31. The van der Waals surface area contributed by atoms with E-state index in [9.17, 15) is 18.0 Å². The number of hydrogen-bond acceptors (Lipinski definition) is 5. The van der Waals surface area contributed by atoms with E-state index < -0.39 is 11.7 Å². The van der Waals surface area contributed by atoms with Crippen molar-refractivity contribution in [1.29, 1.82) is 0 Å². The predicted octanol–water partition coefficient (Wildman–Crippen LogP) is 3.84. The summed E-state index contributed by atoms with van der Waals surface area (Å²) in [7, 11) is 0. The zero-order valence-electron chi connectivity index (χ0n) is 16.6. The van der Waals surface area contributed by atoms with Crippen LogP contribution < -0.4 is 0 Å². The quantitative estimate of drug-likeness (QED) is 0.724. The molecule has 1 aromatic carbocycles. The van der Waals surface area contributed by atoms with Crippen molar-refractivity contribution < 1.29 is 22.5 Å². The molecule has 3 rings (SSSR count). The van der Waals surface area contributed by atoms with Crippen LogP contribution in [-0.4, -0.2) is 52.0 Å². The second-order valence-corrected chi connectivity index (χ2v) is 7.68. The third-order valence-corrected chi connectivity index (χ3v) is 4.94. The first kappa shape index (κ1) is 21.3. The first-order chi connectivity index (χ1) is 13.7. The summed E-state index contributed by atoms with van der Waals surface area (Å²) in [5.74, 6) is 1.16. The Morgan fingerprint density at radius 3 is 2.59 bits per heavy atom. The fourth-order valence-electron chi connectivity index (χ4n) is 3.19. The fraction of sp³-hybridized carbons (Fsp3) is 0.550. The number of carbonyl (C=O) groups is 1. The molecule has 0 radical (unpaired) electrons. The van der Waals surface area contributed by atoms with Crippen molar-refractivity contribution in [2.75, 3.05) is 26.2 Å². The normalized spacial score (nSPS) is 15.9. The summed E-state index contributed by atoms with van der Waals surface area (Å²) < 4.78 is 43.8. The molecule has 1 aromatic heterocycles. The van der Waals surface area contributed by atoms with E-state index in [4.69, 9.17) is 4.52 Å². The Morgan fingerprint density at radius 1 is 1.21 bits per heavy atom. The Kier molecular flexibility index (Phi) is 6.56. The molecular formula is C20H25F3N4O2. The van der Waals surface area contributed by atoms with Crippen LogP contribution in [0.2, 0.25) is 0 Å². The Morgan fingerprint density at radius 2 is 1.93 bits per heavy atom. The molecule has 0 atom stereocenters. The molecular weight excluding hydrogens is 385 g/mol. The van der Waals surface area contributed by atoms with Gasteiger partial charge in [-0.05, 0) is 24.5 Å². The molecule has 0 aliphatic carbocycles. The van der Waals surface area contributed by atoms with Crippen molar-refractivity contribution in [3.8, 4) is 11.4 Å². The van der Waals surface area contributed by atoms with Crippen LogP contribution in [0.15, 0.2) is 28.8 Å². The van der Waals surface area contributed by atoms with E-state index in [-0.39, 0.29) is 17.3 Å². The number of hydrogen-bond donors (Lipinski definition) is 0. The molecule has 0 saturated carbocycles. The van der Waals surface area contributed by atoms with E-state index >= 15 is 0 Å². The average Bonchev–Trinajstić information content (AvgIpc) is 3.14. The number of alkyl halides is 3. The highest BCUT2D eigenvalue weighted by molar-refractivity contribution is 5.76. The summed E-state index contributed by atoms with van der Waals surface area (Å²) in [6.07, 6.45) is -2.96. The van der Waals surface area contributed by atoms with Gasteiger partial charge in [-0.25, -0.2) is 0 Å². The summed E-state index contributed by atoms with van der Waals surface area (Å²) in [6.45, 7) is 7.27. The number of amides is 1. The van der Waals surface area contributed by atoms with Crippen LogP contribution in [0.3, 0.4) is 0 Å². The molecule has 1 aliphatic heterocycles. The van der Waals surface area contributed by atoms with Crippen molar-refractivity contribution in [1.82, 2.24) is 19.9 Å². The van der Waals surface area contributed by atoms with Crippen molar-refractivity contribution in [3.05, 3.63) is 35.7 Å². The van der Waals surface area contributed by atoms with Gasteiger partial charge in [-0.15, -0.1) is 0 Å². The summed E-state index contributed by atoms with van der Waals surface area (Å²) >= 11 is 0. The van der Waals surface area contributed by atoms with Gasteiger partial charge < -0.3 is 9.42 Å². The molecule has 2 heterocycles. The zero-order chi connectivity index (χ0) is 21.0. The molecule has 9 heteroatoms. The molecule has 6 nitrogen and oxygen atoms in total. The second-order valence-electron chi connectivity index (χ2n) is 7.68. The lowest BCUT2D eigenvalue weighted by molar-refractivity contribution is -0.137. The number of halogens is 3. The van der Waals surface area contributed by atoms with Crippen LogP contribution in [0.5, 0.6) is 0 Å². The smallest absolute Gasteiger partial charge is 0.340 e. The number of rotatable bonds is 6. The molecule has 1 aliphatic rings. The number of aromatic nitrogens is 2. The highest BCUT2D eigenvalue weighted by atomic mass is 19.4. The van der Waals surface area contributed by atoms with Gasteiger partial charge in [-0.2, -0.15) is 18.2 Å². The summed E-state index contributed by atoms with van der Waals surface area (Å²) in [6, 6.07) is 4.86. The van der Waals surface area contributed by atoms with Crippen molar-refractivity contribution in [2.24, 2.45) is 5.92 Å². The molecule has 1 amide bonds. The van der Waals surface area contributed by atoms with E-state index in [0.29, 0.717) is 51.0 Å². The van der Waals surface area contributed by atoms with Crippen LogP contribution in [-0.2, 0) is 17.5 Å². The van der Waals surface area contributed by atoms with Crippen LogP contribution in [0.4, 0.5) is 13.2 Å². The van der Waals surface area contributed by atoms with Gasteiger partial charge in [0, 0.05) is 38.2 Å². The molecule has 0 N–H and O–H groups in total. The van der Waals surface area contributed by atoms with E-state index in [1.807, 2.05) is 4.90 Å². The van der Waals surface area contributed by atoms with Gasteiger partial charge in [-0.3, -0.25) is 9.69 Å². The van der Waals surface area contributed by atoms with Gasteiger partial charge in [0.1, 0.15) is 0 Å². The standard InChI is InChI=1S/C20H25F3N4O2/c1-14(2)6-7-18(28)27-10-8-26(9-11-27)13-17-24-19(25-29-17)15-4-3-5-16(12-15)20(21,22)23/h3-5,12,14H,6-11,13H2,1-2H3. The van der Waals surface area contributed by atoms with E-state index in [1.54, 1.807) is 0 Å². The highest BCUT2D eigenvalue weighted by Crippen LogP contribution is 2.31. The zero-order valence-corrected chi connectivity index (χ0v) is 16.6. The molecule has 29 heavy (non-hydrogen) atoms. The Balaban J connectivity index is 1.55. The molecule has 2 aromatic rings. The van der Waals surface area contributed by atoms with E-state index in [0.717, 1.165) is 18.6 Å². The monoisotopic (exact) mass is 410 g/mol. The topological polar surface area (TPSA) is 62.5 Å². The van der Waals surface area contributed by atoms with Crippen LogP contribution >= 0.6 is 0 Å². The largest absolute Gasteiger partial charge is 0.416 e. The van der Waals surface area contributed by atoms with Crippen molar-refractivity contribution >= 4 is 5.91 Å². The van der Waals surface area contributed by atoms with Gasteiger partial charge in [0.25, 0.3) is 0 Å². The number of carbonyl (C=O) groups excluding carboxylic acids is 1. The summed E-state index contributed by atoms with van der Waals surface area (Å²) in [5, 5.41) is 3.81. The molecule has 1 fully saturated rings. The number of nitrogens with zero attached hydrogens (tertiary/aromatic N) is 4. The lowest BCUT2D eigenvalue weighted by atomic mass is 10.1. The predicted molar refractivity (Wildman–Crippen MR) is 101 cm³/mol. The minimum absolute atomic E-state index is 0.133. The maximum Gasteiger partial charge on any atom is 0.416 e. The minimum Gasteiger partial charge on any atom is -0.340 e. The van der Waals surface area contributed by atoms with Gasteiger partial charge in [-0.1, -0.05) is 31.1 Å². The Bertz CT molecular complexity index is 827. The Labute approximate surface area is 167 Å². The van der Waals surface area contributed by atoms with Gasteiger partial charge >= 0.3 is 6.18 Å². The molecule has 0 bridgehead atoms. The van der Waals surface area contributed by atoms with Crippen LogP contribution in [0.25, 0.3) is 11.4 Å². The average molecular weight is 410 g/mol. The molecule has 0 unspecified atom stereocenters. The fourth-order valence-corrected chi connectivity index (χ4v) is 3.19. The first-order valence-electron chi connectivity index (χ1n) is 9.72. The first-order valence-corrected chi connectivity index (χ1v) is 9.72. The number of piperazine rings is 1. The maximum atomic E-state index is 12.9. The van der Waals surface area contributed by atoms with E-state index in [2.05, 4.69) is 28.9 Å². The number of benzene rings is 1. The van der Waals surface area contributed by atoms with Gasteiger partial charge in [0.2, 0.25) is 17.6 Å².